The fraction of sp³-hybridized carbons (Fsp3) is 0.280. The van der Waals surface area contributed by atoms with Gasteiger partial charge in [0.1, 0.15) is 17.9 Å². The van der Waals surface area contributed by atoms with E-state index in [1.54, 1.807) is 18.3 Å². The molecule has 0 radical (unpaired) electrons. The molecule has 2 aromatic carbocycles. The predicted octanol–water partition coefficient (Wildman–Crippen LogP) is 1.67. The van der Waals surface area contributed by atoms with E-state index in [4.69, 9.17) is 10.6 Å². The smallest absolute Gasteiger partial charge is 0.323 e. The normalized spacial score (nSPS) is 15.9. The fourth-order valence-corrected chi connectivity index (χ4v) is 5.11. The molecule has 13 heteroatoms. The second kappa shape index (κ2) is 11.9. The molecular formula is C25H28N6O6S. The molecule has 2 unspecified atom stereocenters. The van der Waals surface area contributed by atoms with Crippen LogP contribution in [-0.4, -0.2) is 59.8 Å². The van der Waals surface area contributed by atoms with Crippen LogP contribution in [0, 0.1) is 0 Å². The zero-order chi connectivity index (χ0) is 27.1. The standard InChI is InChI=1S/C25H28N6O6S/c26-25-28-14-18(29-25)7-4-8-19-13-21(30-37-19)23(32)27-15-22(24(33)34)31-38(35,36)20-11-9-17(10-12-20)16-5-2-1-3-6-16/h1-3,5-6,9-12,14,19,22,31H,4,7-8,13,15H2,(H,27,32)(H,33,34)(H3,26,28,29). The first-order valence-corrected chi connectivity index (χ1v) is 13.4. The maximum Gasteiger partial charge on any atom is 0.323 e. The molecule has 0 saturated carbocycles. The number of nitrogens with two attached hydrogens (primary N) is 1. The van der Waals surface area contributed by atoms with Crippen LogP contribution in [0.25, 0.3) is 11.1 Å². The number of imidazole rings is 1. The molecule has 0 saturated heterocycles. The van der Waals surface area contributed by atoms with Gasteiger partial charge in [-0.1, -0.05) is 47.6 Å². The van der Waals surface area contributed by atoms with Crippen molar-refractivity contribution in [1.82, 2.24) is 20.0 Å². The summed E-state index contributed by atoms with van der Waals surface area (Å²) in [6.07, 6.45) is 3.76. The lowest BCUT2D eigenvalue weighted by Gasteiger charge is -2.16. The lowest BCUT2D eigenvalue weighted by atomic mass is 10.1. The van der Waals surface area contributed by atoms with Crippen molar-refractivity contribution < 1.29 is 28.0 Å². The SMILES string of the molecule is Nc1nc(CCCC2CC(C(=O)NCC(NS(=O)(=O)c3ccc(-c4ccccc4)cc3)C(=O)O)=NO2)c[nH]1. The van der Waals surface area contributed by atoms with Crippen molar-refractivity contribution in [3.05, 3.63) is 66.5 Å². The van der Waals surface area contributed by atoms with Crippen LogP contribution in [0.15, 0.2) is 70.8 Å². The molecule has 0 fully saturated rings. The molecular weight excluding hydrogens is 512 g/mol. The number of hydrogen-bond acceptors (Lipinski definition) is 8. The number of aromatic nitrogens is 2. The Bertz CT molecular complexity index is 1410. The molecule has 1 aliphatic heterocycles. The Labute approximate surface area is 219 Å². The maximum atomic E-state index is 12.8. The molecule has 2 heterocycles. The van der Waals surface area contributed by atoms with Gasteiger partial charge in [0.25, 0.3) is 5.91 Å². The number of aliphatic carboxylic acids is 1. The van der Waals surface area contributed by atoms with Gasteiger partial charge in [0.05, 0.1) is 10.6 Å². The van der Waals surface area contributed by atoms with Crippen LogP contribution >= 0.6 is 0 Å². The summed E-state index contributed by atoms with van der Waals surface area (Å²) in [5.41, 5.74) is 8.22. The predicted molar refractivity (Wildman–Crippen MR) is 139 cm³/mol. The van der Waals surface area contributed by atoms with Crippen LogP contribution in [0.4, 0.5) is 5.95 Å². The molecule has 4 rings (SSSR count). The zero-order valence-corrected chi connectivity index (χ0v) is 21.1. The van der Waals surface area contributed by atoms with Gasteiger partial charge >= 0.3 is 5.97 Å². The number of hydrogen-bond donors (Lipinski definition) is 5. The molecule has 0 aliphatic carbocycles. The summed E-state index contributed by atoms with van der Waals surface area (Å²) in [5.74, 6) is -1.70. The van der Waals surface area contributed by atoms with Crippen molar-refractivity contribution in [1.29, 1.82) is 0 Å². The monoisotopic (exact) mass is 540 g/mol. The van der Waals surface area contributed by atoms with E-state index < -0.39 is 34.5 Å². The Morgan fingerprint density at radius 3 is 2.50 bits per heavy atom. The molecule has 38 heavy (non-hydrogen) atoms. The second-order valence-corrected chi connectivity index (χ2v) is 10.5. The highest BCUT2D eigenvalue weighted by molar-refractivity contribution is 7.89. The fourth-order valence-electron chi connectivity index (χ4n) is 3.92. The zero-order valence-electron chi connectivity index (χ0n) is 20.3. The number of nitrogens with zero attached hydrogens (tertiary/aromatic N) is 2. The molecule has 2 atom stereocenters. The lowest BCUT2D eigenvalue weighted by Crippen LogP contribution is -2.49. The van der Waals surface area contributed by atoms with Crippen LogP contribution in [-0.2, 0) is 30.9 Å². The van der Waals surface area contributed by atoms with E-state index in [9.17, 15) is 23.1 Å². The maximum absolute atomic E-state index is 12.8. The Kier molecular flexibility index (Phi) is 8.38. The molecule has 0 bridgehead atoms. The number of anilines is 1. The Hall–Kier alpha value is -4.23. The number of nitrogen functional groups attached to an aromatic ring is 1. The van der Waals surface area contributed by atoms with Gasteiger partial charge in [0, 0.05) is 19.2 Å². The van der Waals surface area contributed by atoms with E-state index in [1.807, 2.05) is 30.3 Å². The van der Waals surface area contributed by atoms with Crippen molar-refractivity contribution in [2.24, 2.45) is 5.16 Å². The summed E-state index contributed by atoms with van der Waals surface area (Å²) in [4.78, 5) is 36.4. The van der Waals surface area contributed by atoms with Crippen molar-refractivity contribution >= 4 is 33.6 Å². The average molecular weight is 541 g/mol. The Morgan fingerprint density at radius 1 is 1.13 bits per heavy atom. The summed E-state index contributed by atoms with van der Waals surface area (Å²) in [7, 11) is -4.16. The number of carboxylic acid groups (broad SMARTS) is 1. The molecule has 1 amide bonds. The van der Waals surface area contributed by atoms with Crippen LogP contribution in [0.3, 0.4) is 0 Å². The van der Waals surface area contributed by atoms with Crippen LogP contribution in [0.5, 0.6) is 0 Å². The third-order valence-electron chi connectivity index (χ3n) is 5.94. The number of carboxylic acids is 1. The number of sulfonamides is 1. The number of aryl methyl sites for hydroxylation is 1. The van der Waals surface area contributed by atoms with E-state index in [2.05, 4.69) is 25.2 Å². The molecule has 12 nitrogen and oxygen atoms in total. The highest BCUT2D eigenvalue weighted by atomic mass is 32.2. The van der Waals surface area contributed by atoms with Crippen LogP contribution in [0.1, 0.15) is 25.0 Å². The van der Waals surface area contributed by atoms with Gasteiger partial charge in [-0.25, -0.2) is 13.4 Å². The minimum absolute atomic E-state index is 0.0938. The number of carbonyl (C=O) groups is 2. The van der Waals surface area contributed by atoms with E-state index in [0.717, 1.165) is 23.2 Å². The Morgan fingerprint density at radius 2 is 1.84 bits per heavy atom. The number of amides is 1. The van der Waals surface area contributed by atoms with E-state index in [-0.39, 0.29) is 23.1 Å². The van der Waals surface area contributed by atoms with Gasteiger partial charge in [-0.05, 0) is 42.5 Å². The highest BCUT2D eigenvalue weighted by Gasteiger charge is 2.29. The summed E-state index contributed by atoms with van der Waals surface area (Å²) in [6.45, 7) is -0.472. The first-order chi connectivity index (χ1) is 18.2. The topological polar surface area (TPSA) is 189 Å². The number of oxime groups is 1. The van der Waals surface area contributed by atoms with Crippen molar-refractivity contribution in [2.45, 2.75) is 42.7 Å². The third kappa shape index (κ3) is 6.95. The minimum atomic E-state index is -4.16. The van der Waals surface area contributed by atoms with E-state index >= 15 is 0 Å². The molecule has 200 valence electrons. The molecule has 1 aromatic heterocycles. The number of aromatic amines is 1. The van der Waals surface area contributed by atoms with Crippen LogP contribution in [0.2, 0.25) is 0 Å². The van der Waals surface area contributed by atoms with Gasteiger partial charge < -0.3 is 26.0 Å². The van der Waals surface area contributed by atoms with E-state index in [0.29, 0.717) is 18.8 Å². The largest absolute Gasteiger partial charge is 0.480 e. The number of rotatable bonds is 12. The second-order valence-electron chi connectivity index (χ2n) is 8.75. The van der Waals surface area contributed by atoms with Gasteiger partial charge in [-0.2, -0.15) is 4.72 Å². The molecule has 0 spiro atoms. The molecule has 6 N–H and O–H groups in total. The summed E-state index contributed by atoms with van der Waals surface area (Å²) >= 11 is 0. The van der Waals surface area contributed by atoms with Crippen LogP contribution < -0.4 is 15.8 Å². The quantitative estimate of drug-likeness (QED) is 0.229. The number of nitrogens with one attached hydrogen (secondary N) is 3. The van der Waals surface area contributed by atoms with Gasteiger partial charge in [-0.15, -0.1) is 0 Å². The van der Waals surface area contributed by atoms with Gasteiger partial charge in [-0.3, -0.25) is 9.59 Å². The number of H-pyrrole nitrogens is 1. The number of carbonyl (C=O) groups excluding carboxylic acids is 1. The van der Waals surface area contributed by atoms with Crippen molar-refractivity contribution in [3.63, 3.8) is 0 Å². The van der Waals surface area contributed by atoms with Crippen molar-refractivity contribution in [2.75, 3.05) is 12.3 Å². The summed E-state index contributed by atoms with van der Waals surface area (Å²) in [6, 6.07) is 13.9. The average Bonchev–Trinajstić information content (AvgIpc) is 3.56. The van der Waals surface area contributed by atoms with E-state index in [1.165, 1.54) is 12.1 Å². The first kappa shape index (κ1) is 26.8. The van der Waals surface area contributed by atoms with Crippen molar-refractivity contribution in [3.8, 4) is 11.1 Å². The third-order valence-corrected chi connectivity index (χ3v) is 7.43. The minimum Gasteiger partial charge on any atom is -0.480 e. The number of benzene rings is 2. The summed E-state index contributed by atoms with van der Waals surface area (Å²) < 4.78 is 27.7. The molecule has 1 aliphatic rings. The highest BCUT2D eigenvalue weighted by Crippen LogP contribution is 2.21. The summed E-state index contributed by atoms with van der Waals surface area (Å²) in [5, 5.41) is 15.8. The first-order valence-electron chi connectivity index (χ1n) is 11.9. The van der Waals surface area contributed by atoms with Gasteiger partial charge in [0.2, 0.25) is 10.0 Å². The molecule has 3 aromatic rings. The lowest BCUT2D eigenvalue weighted by molar-refractivity contribution is -0.138. The Balaban J connectivity index is 1.27. The van der Waals surface area contributed by atoms with Gasteiger partial charge in [0.15, 0.2) is 5.95 Å².